The molecule has 5 atom stereocenters. The molecule has 0 aliphatic heterocycles. The zero-order valence-corrected chi connectivity index (χ0v) is 63.4. The van der Waals surface area contributed by atoms with Gasteiger partial charge in [-0.05, 0) is 141 Å². The molecular formula is C81H136O16P2. The van der Waals surface area contributed by atoms with Crippen molar-refractivity contribution in [3.63, 3.8) is 0 Å². The Morgan fingerprint density at radius 2 is 0.535 bits per heavy atom. The highest BCUT2D eigenvalue weighted by atomic mass is 31.2. The molecule has 566 valence electrons. The smallest absolute Gasteiger partial charge is 0.463 e. The molecule has 0 spiro atoms. The Kier molecular flexibility index (Phi) is 69.8. The number of rotatable bonds is 71. The molecule has 0 heterocycles. The molecule has 0 aromatic carbocycles. The van der Waals surface area contributed by atoms with Crippen LogP contribution in [0.1, 0.15) is 290 Å². The van der Waals surface area contributed by atoms with Crippen molar-refractivity contribution in [3.05, 3.63) is 146 Å². The number of aliphatic hydroxyl groups is 2. The largest absolute Gasteiger partial charge is 0.472 e. The van der Waals surface area contributed by atoms with Gasteiger partial charge in [0.15, 0.2) is 6.10 Å². The molecule has 4 N–H and O–H groups in total. The second kappa shape index (κ2) is 73.2. The van der Waals surface area contributed by atoms with Gasteiger partial charge in [0, 0.05) is 19.3 Å². The van der Waals surface area contributed by atoms with Gasteiger partial charge in [0.25, 0.3) is 0 Å². The summed E-state index contributed by atoms with van der Waals surface area (Å²) in [5.74, 6) is -1.61. The minimum Gasteiger partial charge on any atom is -0.463 e. The van der Waals surface area contributed by atoms with E-state index < -0.39 is 91.5 Å². The van der Waals surface area contributed by atoms with Crippen LogP contribution in [0.25, 0.3) is 0 Å². The summed E-state index contributed by atoms with van der Waals surface area (Å²) in [6.07, 6.45) is 88.8. The fourth-order valence-corrected chi connectivity index (χ4v) is 11.4. The number of aliphatic hydroxyl groups excluding tert-OH is 2. The van der Waals surface area contributed by atoms with Crippen LogP contribution in [0.15, 0.2) is 146 Å². The Labute approximate surface area is 600 Å². The first-order valence-corrected chi connectivity index (χ1v) is 41.1. The minimum absolute atomic E-state index is 0.0825. The molecule has 0 saturated heterocycles. The molecule has 0 amide bonds. The van der Waals surface area contributed by atoms with Gasteiger partial charge in [0.1, 0.15) is 25.4 Å². The molecule has 5 unspecified atom stereocenters. The Bertz CT molecular complexity index is 2380. The van der Waals surface area contributed by atoms with Crippen molar-refractivity contribution < 1.29 is 75.8 Å². The van der Waals surface area contributed by atoms with Gasteiger partial charge in [0.2, 0.25) is 0 Å². The third kappa shape index (κ3) is 74.4. The number of phosphoric ester groups is 2. The Balaban J connectivity index is 4.67. The SMILES string of the molecule is CC/C=C\C/C=C\C/C=C\C/C=C\C/C=C\CCCCCCCCCCCC(=O)OCC(O)COP(=O)(O)OCC(O)COP(=O)(O)OCC(COC(=O)CCCCCCCC/C=C\C/C=C\C/C=C\C/C=C\CC)OC(=O)CCCCCCCC/C=C\C/C=C\C/C=C\CCCCC. The second-order valence-corrected chi connectivity index (χ2v) is 27.9. The monoisotopic (exact) mass is 1430 g/mol. The molecule has 18 heteroatoms. The van der Waals surface area contributed by atoms with E-state index in [2.05, 4.69) is 167 Å². The number of hydrogen-bond donors (Lipinski definition) is 4. The lowest BCUT2D eigenvalue weighted by Gasteiger charge is -2.21. The molecule has 16 nitrogen and oxygen atoms in total. The fraction of sp³-hybridized carbons (Fsp3) is 0.667. The molecule has 0 fully saturated rings. The summed E-state index contributed by atoms with van der Waals surface area (Å²) in [6, 6.07) is 0. The van der Waals surface area contributed by atoms with Crippen LogP contribution in [0, 0.1) is 0 Å². The highest BCUT2D eigenvalue weighted by Gasteiger charge is 2.29. The van der Waals surface area contributed by atoms with Crippen LogP contribution in [0.3, 0.4) is 0 Å². The van der Waals surface area contributed by atoms with Crippen molar-refractivity contribution in [1.29, 1.82) is 0 Å². The summed E-state index contributed by atoms with van der Waals surface area (Å²) in [7, 11) is -9.81. The van der Waals surface area contributed by atoms with Gasteiger partial charge in [-0.1, -0.05) is 276 Å². The van der Waals surface area contributed by atoms with E-state index >= 15 is 0 Å². The highest BCUT2D eigenvalue weighted by molar-refractivity contribution is 7.47. The van der Waals surface area contributed by atoms with Gasteiger partial charge in [-0.25, -0.2) is 9.13 Å². The summed E-state index contributed by atoms with van der Waals surface area (Å²) >= 11 is 0. The van der Waals surface area contributed by atoms with Crippen LogP contribution in [-0.2, 0) is 55.8 Å². The fourth-order valence-electron chi connectivity index (χ4n) is 9.77. The van der Waals surface area contributed by atoms with Crippen molar-refractivity contribution in [2.75, 3.05) is 39.6 Å². The summed E-state index contributed by atoms with van der Waals surface area (Å²) in [5.41, 5.74) is 0. The minimum atomic E-state index is -4.94. The molecule has 0 saturated carbocycles. The van der Waals surface area contributed by atoms with Gasteiger partial charge >= 0.3 is 33.6 Å². The standard InChI is InChI=1S/C81H136O16P2/c1-4-7-10-13-16-19-22-25-28-31-34-35-36-37-38-39-42-44-46-49-52-55-58-61-64-67-79(84)91-70-76(82)71-93-98(87,88)94-72-77(83)73-95-99(89,90)96-75-78(97-81(86)69-66-63-60-57-54-51-48-45-41-33-30-27-24-21-18-15-12-9-6-3)74-92-80(85)68-65-62-59-56-53-50-47-43-40-32-29-26-23-20-17-14-11-8-5-2/h7-8,10-11,16-21,25-30,34-35,37-38,40-41,43,45,76-78,82-83H,4-6,9,12-15,22-24,31-33,36,39,42,44,46-75H2,1-3H3,(H,87,88)(H,89,90)/b10-7-,11-8-,19-16-,20-17-,21-18-,28-25-,29-26-,30-27-,35-34-,38-37-,43-40-,45-41-. The van der Waals surface area contributed by atoms with E-state index in [1.54, 1.807) is 0 Å². The molecule has 0 aliphatic carbocycles. The van der Waals surface area contributed by atoms with Crippen molar-refractivity contribution >= 4 is 33.6 Å². The van der Waals surface area contributed by atoms with E-state index in [-0.39, 0.29) is 19.3 Å². The summed E-state index contributed by atoms with van der Waals surface area (Å²) in [4.78, 5) is 58.6. The number of phosphoric acid groups is 2. The van der Waals surface area contributed by atoms with E-state index in [0.717, 1.165) is 186 Å². The van der Waals surface area contributed by atoms with Crippen LogP contribution in [-0.4, -0.2) is 95.9 Å². The lowest BCUT2D eigenvalue weighted by molar-refractivity contribution is -0.161. The number of unbranched alkanes of at least 4 members (excludes halogenated alkanes) is 24. The second-order valence-electron chi connectivity index (χ2n) is 25.0. The first-order chi connectivity index (χ1) is 48.2. The van der Waals surface area contributed by atoms with Crippen LogP contribution in [0.2, 0.25) is 0 Å². The number of esters is 3. The molecule has 0 aromatic heterocycles. The highest BCUT2D eigenvalue weighted by Crippen LogP contribution is 2.45. The van der Waals surface area contributed by atoms with E-state index in [1.807, 2.05) is 0 Å². The average Bonchev–Trinajstić information content (AvgIpc) is 2.90. The molecule has 99 heavy (non-hydrogen) atoms. The van der Waals surface area contributed by atoms with Crippen molar-refractivity contribution in [2.45, 2.75) is 309 Å². The van der Waals surface area contributed by atoms with Crippen molar-refractivity contribution in [1.82, 2.24) is 0 Å². The molecule has 0 bridgehead atoms. The van der Waals surface area contributed by atoms with E-state index in [9.17, 15) is 43.5 Å². The summed E-state index contributed by atoms with van der Waals surface area (Å²) in [6.45, 7) is 2.39. The zero-order chi connectivity index (χ0) is 72.3. The maximum absolute atomic E-state index is 13.0. The topological polar surface area (TPSA) is 231 Å². The first-order valence-electron chi connectivity index (χ1n) is 38.1. The molecule has 0 aliphatic rings. The van der Waals surface area contributed by atoms with Crippen LogP contribution < -0.4 is 0 Å². The number of carbonyl (C=O) groups is 3. The maximum Gasteiger partial charge on any atom is 0.472 e. The number of hydrogen-bond acceptors (Lipinski definition) is 14. The van der Waals surface area contributed by atoms with E-state index in [1.165, 1.54) is 44.9 Å². The third-order valence-electron chi connectivity index (χ3n) is 15.5. The predicted octanol–water partition coefficient (Wildman–Crippen LogP) is 22.1. The van der Waals surface area contributed by atoms with Gasteiger partial charge in [-0.3, -0.25) is 32.5 Å². The van der Waals surface area contributed by atoms with Crippen LogP contribution in [0.4, 0.5) is 0 Å². The lowest BCUT2D eigenvalue weighted by atomic mass is 10.1. The summed E-state index contributed by atoms with van der Waals surface area (Å²) < 4.78 is 61.1. The van der Waals surface area contributed by atoms with Crippen LogP contribution in [0.5, 0.6) is 0 Å². The first kappa shape index (κ1) is 94.4. The Morgan fingerprint density at radius 3 is 0.848 bits per heavy atom. The van der Waals surface area contributed by atoms with E-state index in [4.69, 9.17) is 32.3 Å². The van der Waals surface area contributed by atoms with Crippen molar-refractivity contribution in [2.24, 2.45) is 0 Å². The van der Waals surface area contributed by atoms with Gasteiger partial charge < -0.3 is 34.2 Å². The normalized spacial score (nSPS) is 14.9. The maximum atomic E-state index is 13.0. The summed E-state index contributed by atoms with van der Waals surface area (Å²) in [5, 5.41) is 20.6. The Hall–Kier alpha value is -4.57. The quantitative estimate of drug-likeness (QED) is 0.0146. The van der Waals surface area contributed by atoms with Crippen molar-refractivity contribution in [3.8, 4) is 0 Å². The molecule has 0 radical (unpaired) electrons. The number of carbonyl (C=O) groups excluding carboxylic acids is 3. The van der Waals surface area contributed by atoms with Crippen LogP contribution >= 0.6 is 15.6 Å². The number of allylic oxidation sites excluding steroid dienone is 24. The predicted molar refractivity (Wildman–Crippen MR) is 408 cm³/mol. The zero-order valence-electron chi connectivity index (χ0n) is 61.6. The number of ether oxygens (including phenoxy) is 3. The van der Waals surface area contributed by atoms with E-state index in [0.29, 0.717) is 19.3 Å². The molecule has 0 aromatic rings. The van der Waals surface area contributed by atoms with Gasteiger partial charge in [-0.15, -0.1) is 0 Å². The third-order valence-corrected chi connectivity index (χ3v) is 17.4. The lowest BCUT2D eigenvalue weighted by Crippen LogP contribution is -2.30. The molecular weight excluding hydrogens is 1290 g/mol. The Morgan fingerprint density at radius 1 is 0.293 bits per heavy atom. The van der Waals surface area contributed by atoms with Gasteiger partial charge in [-0.2, -0.15) is 0 Å². The van der Waals surface area contributed by atoms with Gasteiger partial charge in [0.05, 0.1) is 26.4 Å². The average molecular weight is 1430 g/mol. The molecule has 0 rings (SSSR count).